The molecule has 1 N–H and O–H groups in total. The number of aryl methyl sites for hydroxylation is 1. The van der Waals surface area contributed by atoms with E-state index in [1.54, 1.807) is 0 Å². The minimum absolute atomic E-state index is 0.0145. The first kappa shape index (κ1) is 18.0. The minimum atomic E-state index is -0.0145. The van der Waals surface area contributed by atoms with E-state index < -0.39 is 0 Å². The summed E-state index contributed by atoms with van der Waals surface area (Å²) in [5.74, 6) is 1.53. The highest BCUT2D eigenvalue weighted by Gasteiger charge is 2.15. The van der Waals surface area contributed by atoms with Crippen molar-refractivity contribution in [2.75, 3.05) is 0 Å². The van der Waals surface area contributed by atoms with Gasteiger partial charge in [-0.05, 0) is 50.1 Å². The largest absolute Gasteiger partial charge is 0.486 e. The number of nitrogens with one attached hydrogen (secondary N) is 1. The Bertz CT molecular complexity index is 901. The summed E-state index contributed by atoms with van der Waals surface area (Å²) >= 11 is 0. The van der Waals surface area contributed by atoms with Crippen molar-refractivity contribution in [2.24, 2.45) is 0 Å². The molecule has 1 amide bonds. The Morgan fingerprint density at radius 2 is 2.04 bits per heavy atom. The molecular formula is C21H25N3O2. The first-order valence-electron chi connectivity index (χ1n) is 8.99. The Hall–Kier alpha value is -2.82. The molecule has 0 saturated carbocycles. The Balaban J connectivity index is 1.83. The van der Waals surface area contributed by atoms with Gasteiger partial charge in [-0.3, -0.25) is 4.79 Å². The van der Waals surface area contributed by atoms with E-state index in [2.05, 4.69) is 17.2 Å². The van der Waals surface area contributed by atoms with Crippen molar-refractivity contribution >= 4 is 16.9 Å². The van der Waals surface area contributed by atoms with Gasteiger partial charge in [-0.15, -0.1) is 0 Å². The molecule has 0 fully saturated rings. The lowest BCUT2D eigenvalue weighted by atomic mass is 10.2. The molecule has 5 heteroatoms. The predicted molar refractivity (Wildman–Crippen MR) is 103 cm³/mol. The Morgan fingerprint density at radius 1 is 1.23 bits per heavy atom. The van der Waals surface area contributed by atoms with Gasteiger partial charge >= 0.3 is 0 Å². The lowest BCUT2D eigenvalue weighted by Gasteiger charge is -2.14. The summed E-state index contributed by atoms with van der Waals surface area (Å²) < 4.78 is 7.85. The zero-order chi connectivity index (χ0) is 18.5. The summed E-state index contributed by atoms with van der Waals surface area (Å²) in [6, 6.07) is 15.9. The maximum Gasteiger partial charge on any atom is 0.240 e. The third-order valence-corrected chi connectivity index (χ3v) is 4.41. The number of para-hydroxylation sites is 2. The first-order chi connectivity index (χ1) is 12.6. The lowest BCUT2D eigenvalue weighted by Crippen LogP contribution is -2.35. The fourth-order valence-corrected chi connectivity index (χ4v) is 2.83. The molecule has 3 aromatic rings. The van der Waals surface area contributed by atoms with Crippen LogP contribution in [0, 0.1) is 6.92 Å². The maximum absolute atomic E-state index is 12.4. The molecule has 0 bridgehead atoms. The Kier molecular flexibility index (Phi) is 5.56. The molecule has 1 heterocycles. The summed E-state index contributed by atoms with van der Waals surface area (Å²) in [5, 5.41) is 3.01. The monoisotopic (exact) mass is 351 g/mol. The average Bonchev–Trinajstić information content (AvgIpc) is 2.97. The van der Waals surface area contributed by atoms with E-state index in [1.165, 1.54) is 0 Å². The molecule has 0 aliphatic heterocycles. The minimum Gasteiger partial charge on any atom is -0.486 e. The van der Waals surface area contributed by atoms with Crippen LogP contribution in [0.5, 0.6) is 5.75 Å². The van der Waals surface area contributed by atoms with Gasteiger partial charge in [-0.25, -0.2) is 4.98 Å². The van der Waals surface area contributed by atoms with Gasteiger partial charge in [0.2, 0.25) is 5.91 Å². The lowest BCUT2D eigenvalue weighted by molar-refractivity contribution is -0.122. The molecule has 2 aromatic carbocycles. The third-order valence-electron chi connectivity index (χ3n) is 4.41. The number of amides is 1. The van der Waals surface area contributed by atoms with Gasteiger partial charge in [0.05, 0.1) is 11.0 Å². The number of imidazole rings is 1. The highest BCUT2D eigenvalue weighted by molar-refractivity contribution is 5.81. The second-order valence-electron chi connectivity index (χ2n) is 6.58. The molecular weight excluding hydrogens is 326 g/mol. The van der Waals surface area contributed by atoms with Crippen molar-refractivity contribution < 1.29 is 9.53 Å². The molecule has 3 rings (SSSR count). The maximum atomic E-state index is 12.4. The van der Waals surface area contributed by atoms with Gasteiger partial charge in [-0.2, -0.15) is 0 Å². The number of hydrogen-bond acceptors (Lipinski definition) is 3. The summed E-state index contributed by atoms with van der Waals surface area (Å²) in [7, 11) is 0. The first-order valence-corrected chi connectivity index (χ1v) is 8.99. The normalized spacial score (nSPS) is 12.1. The van der Waals surface area contributed by atoms with Crippen molar-refractivity contribution in [3.63, 3.8) is 0 Å². The quantitative estimate of drug-likeness (QED) is 0.704. The van der Waals surface area contributed by atoms with Crippen molar-refractivity contribution in [2.45, 2.75) is 46.4 Å². The molecule has 136 valence electrons. The molecule has 0 aliphatic carbocycles. The number of carbonyl (C=O) groups is 1. The van der Waals surface area contributed by atoms with E-state index in [-0.39, 0.29) is 18.5 Å². The zero-order valence-corrected chi connectivity index (χ0v) is 15.5. The summed E-state index contributed by atoms with van der Waals surface area (Å²) in [6.45, 7) is 6.64. The molecule has 0 aliphatic rings. The average molecular weight is 351 g/mol. The van der Waals surface area contributed by atoms with Crippen LogP contribution in [0.1, 0.15) is 31.7 Å². The number of aromatic nitrogens is 2. The van der Waals surface area contributed by atoms with Crippen LogP contribution in [-0.4, -0.2) is 21.5 Å². The number of carbonyl (C=O) groups excluding carboxylic acids is 1. The van der Waals surface area contributed by atoms with Crippen LogP contribution in [-0.2, 0) is 17.9 Å². The fourth-order valence-electron chi connectivity index (χ4n) is 2.83. The summed E-state index contributed by atoms with van der Waals surface area (Å²) in [6.07, 6.45) is 0.903. The third kappa shape index (κ3) is 4.23. The van der Waals surface area contributed by atoms with E-state index in [0.717, 1.165) is 34.6 Å². The van der Waals surface area contributed by atoms with Crippen molar-refractivity contribution in [1.29, 1.82) is 0 Å². The van der Waals surface area contributed by atoms with E-state index >= 15 is 0 Å². The number of rotatable bonds is 7. The van der Waals surface area contributed by atoms with Gasteiger partial charge in [0, 0.05) is 6.04 Å². The number of hydrogen-bond donors (Lipinski definition) is 1. The van der Waals surface area contributed by atoms with E-state index in [4.69, 9.17) is 4.74 Å². The zero-order valence-electron chi connectivity index (χ0n) is 15.5. The van der Waals surface area contributed by atoms with Crippen LogP contribution in [0.3, 0.4) is 0 Å². The van der Waals surface area contributed by atoms with E-state index in [1.807, 2.05) is 66.9 Å². The van der Waals surface area contributed by atoms with Crippen molar-refractivity contribution in [3.05, 3.63) is 59.9 Å². The van der Waals surface area contributed by atoms with Gasteiger partial charge in [0.1, 0.15) is 24.7 Å². The Morgan fingerprint density at radius 3 is 2.81 bits per heavy atom. The van der Waals surface area contributed by atoms with Gasteiger partial charge in [0.25, 0.3) is 0 Å². The number of fused-ring (bicyclic) bond motifs is 1. The van der Waals surface area contributed by atoms with Crippen LogP contribution in [0.25, 0.3) is 11.0 Å². The van der Waals surface area contributed by atoms with E-state index in [9.17, 15) is 4.79 Å². The predicted octanol–water partition coefficient (Wildman–Crippen LogP) is 3.84. The molecule has 26 heavy (non-hydrogen) atoms. The number of nitrogens with zero attached hydrogens (tertiary/aromatic N) is 2. The molecule has 1 unspecified atom stereocenters. The molecule has 5 nitrogen and oxygen atoms in total. The van der Waals surface area contributed by atoms with Crippen LogP contribution in [0.4, 0.5) is 0 Å². The van der Waals surface area contributed by atoms with Gasteiger partial charge < -0.3 is 14.6 Å². The second-order valence-corrected chi connectivity index (χ2v) is 6.58. The van der Waals surface area contributed by atoms with Crippen LogP contribution < -0.4 is 10.1 Å². The molecule has 0 saturated heterocycles. The Labute approximate surface area is 154 Å². The molecule has 1 atom stereocenters. The van der Waals surface area contributed by atoms with Crippen LogP contribution >= 0.6 is 0 Å². The summed E-state index contributed by atoms with van der Waals surface area (Å²) in [4.78, 5) is 17.1. The molecule has 0 radical (unpaired) electrons. The van der Waals surface area contributed by atoms with Crippen molar-refractivity contribution in [1.82, 2.24) is 14.9 Å². The number of benzene rings is 2. The highest BCUT2D eigenvalue weighted by Crippen LogP contribution is 2.19. The topological polar surface area (TPSA) is 56.2 Å². The highest BCUT2D eigenvalue weighted by atomic mass is 16.5. The summed E-state index contributed by atoms with van der Waals surface area (Å²) in [5.41, 5.74) is 2.95. The fraction of sp³-hybridized carbons (Fsp3) is 0.333. The standard InChI is InChI=1S/C21H25N3O2/c1-4-16(3)22-21(25)13-24-19-11-6-5-10-18(19)23-20(24)14-26-17-9-7-8-15(2)12-17/h5-12,16H,4,13-14H2,1-3H3,(H,22,25). The van der Waals surface area contributed by atoms with E-state index in [0.29, 0.717) is 6.61 Å². The number of ether oxygens (including phenoxy) is 1. The smallest absolute Gasteiger partial charge is 0.240 e. The molecule has 1 aromatic heterocycles. The molecule has 0 spiro atoms. The van der Waals surface area contributed by atoms with Crippen molar-refractivity contribution in [3.8, 4) is 5.75 Å². The second kappa shape index (κ2) is 8.04. The van der Waals surface area contributed by atoms with Gasteiger partial charge in [0.15, 0.2) is 0 Å². The van der Waals surface area contributed by atoms with Crippen LogP contribution in [0.15, 0.2) is 48.5 Å². The van der Waals surface area contributed by atoms with Crippen LogP contribution in [0.2, 0.25) is 0 Å². The SMILES string of the molecule is CCC(C)NC(=O)Cn1c(COc2cccc(C)c2)nc2ccccc21. The van der Waals surface area contributed by atoms with Gasteiger partial charge in [-0.1, -0.05) is 31.2 Å².